The Morgan fingerprint density at radius 1 is 0.968 bits per heavy atom. The zero-order valence-electron chi connectivity index (χ0n) is 17.1. The van der Waals surface area contributed by atoms with Gasteiger partial charge in [-0.15, -0.1) is 0 Å². The Morgan fingerprint density at radius 3 is 2.29 bits per heavy atom. The normalized spacial score (nSPS) is 16.3. The van der Waals surface area contributed by atoms with Gasteiger partial charge in [0.2, 0.25) is 5.78 Å². The Balaban J connectivity index is 1.77. The van der Waals surface area contributed by atoms with E-state index in [1.165, 1.54) is 10.5 Å². The molecule has 1 aliphatic rings. The summed E-state index contributed by atoms with van der Waals surface area (Å²) in [5, 5.41) is 3.57. The van der Waals surface area contributed by atoms with Gasteiger partial charge >= 0.3 is 0 Å². The predicted molar refractivity (Wildman–Crippen MR) is 125 cm³/mol. The van der Waals surface area contributed by atoms with Crippen LogP contribution in [0.4, 0.5) is 11.4 Å². The van der Waals surface area contributed by atoms with E-state index in [1.807, 2.05) is 32.0 Å². The summed E-state index contributed by atoms with van der Waals surface area (Å²) in [6.45, 7) is 4.00. The summed E-state index contributed by atoms with van der Waals surface area (Å²) < 4.78 is 28.2. The highest BCUT2D eigenvalue weighted by Crippen LogP contribution is 2.36. The molecule has 1 heterocycles. The number of halogens is 1. The van der Waals surface area contributed by atoms with Crippen LogP contribution in [0.2, 0.25) is 5.02 Å². The van der Waals surface area contributed by atoms with Crippen molar-refractivity contribution in [3.8, 4) is 0 Å². The molecular formula is C24H21ClN2O3S. The van der Waals surface area contributed by atoms with Crippen LogP contribution in [-0.4, -0.2) is 14.2 Å². The first-order valence-corrected chi connectivity index (χ1v) is 11.5. The minimum atomic E-state index is -4.08. The van der Waals surface area contributed by atoms with Gasteiger partial charge in [0.05, 0.1) is 12.2 Å². The second-order valence-electron chi connectivity index (χ2n) is 7.51. The van der Waals surface area contributed by atoms with Gasteiger partial charge in [0, 0.05) is 22.5 Å². The Labute approximate surface area is 187 Å². The molecule has 0 saturated carbocycles. The maximum absolute atomic E-state index is 13.5. The molecule has 3 aromatic rings. The van der Waals surface area contributed by atoms with Gasteiger partial charge in [-0.3, -0.25) is 9.10 Å². The molecule has 7 heteroatoms. The van der Waals surface area contributed by atoms with E-state index < -0.39 is 15.8 Å². The topological polar surface area (TPSA) is 66.5 Å². The van der Waals surface area contributed by atoms with Crippen molar-refractivity contribution in [2.75, 3.05) is 9.62 Å². The zero-order valence-corrected chi connectivity index (χ0v) is 18.7. The third-order valence-electron chi connectivity index (χ3n) is 5.04. The van der Waals surface area contributed by atoms with E-state index in [-0.39, 0.29) is 11.4 Å². The summed E-state index contributed by atoms with van der Waals surface area (Å²) in [6, 6.07) is 19.5. The van der Waals surface area contributed by atoms with Gasteiger partial charge in [0.25, 0.3) is 10.0 Å². The lowest BCUT2D eigenvalue weighted by Crippen LogP contribution is -2.39. The first-order chi connectivity index (χ1) is 14.8. The molecule has 158 valence electrons. The molecule has 0 aliphatic carbocycles. The molecule has 0 aromatic heterocycles. The van der Waals surface area contributed by atoms with Crippen LogP contribution in [0, 0.1) is 13.8 Å². The summed E-state index contributed by atoms with van der Waals surface area (Å²) in [5.74, 6) is -0.528. The molecule has 0 bridgehead atoms. The van der Waals surface area contributed by atoms with Crippen molar-refractivity contribution < 1.29 is 13.2 Å². The Morgan fingerprint density at radius 2 is 1.61 bits per heavy atom. The van der Waals surface area contributed by atoms with Crippen LogP contribution in [0.1, 0.15) is 27.0 Å². The van der Waals surface area contributed by atoms with Crippen molar-refractivity contribution >= 4 is 38.8 Å². The number of hydrogen-bond acceptors (Lipinski definition) is 4. The lowest BCUT2D eigenvalue weighted by molar-refractivity contribution is 0.104. The minimum Gasteiger partial charge on any atom is -0.360 e. The number of allylic oxidation sites excluding steroid dienone is 1. The van der Waals surface area contributed by atoms with Crippen molar-refractivity contribution in [3.05, 3.63) is 105 Å². The quantitative estimate of drug-likeness (QED) is 0.535. The largest absolute Gasteiger partial charge is 0.360 e. The van der Waals surface area contributed by atoms with Gasteiger partial charge in [-0.05, 0) is 66.9 Å². The zero-order chi connectivity index (χ0) is 22.2. The third kappa shape index (κ3) is 4.22. The number of aryl methyl sites for hydroxylation is 2. The van der Waals surface area contributed by atoms with E-state index in [9.17, 15) is 13.2 Å². The van der Waals surface area contributed by atoms with Crippen molar-refractivity contribution in [1.29, 1.82) is 0 Å². The van der Waals surface area contributed by atoms with E-state index in [1.54, 1.807) is 48.5 Å². The summed E-state index contributed by atoms with van der Waals surface area (Å²) >= 11 is 5.96. The molecule has 4 rings (SSSR count). The maximum Gasteiger partial charge on any atom is 0.270 e. The smallest absolute Gasteiger partial charge is 0.270 e. The summed E-state index contributed by atoms with van der Waals surface area (Å²) in [5.41, 5.74) is 4.27. The first-order valence-electron chi connectivity index (χ1n) is 9.71. The van der Waals surface area contributed by atoms with Crippen LogP contribution in [0.25, 0.3) is 0 Å². The highest BCUT2D eigenvalue weighted by molar-refractivity contribution is 7.97. The third-order valence-corrected chi connectivity index (χ3v) is 7.06. The van der Waals surface area contributed by atoms with Crippen molar-refractivity contribution in [2.24, 2.45) is 0 Å². The highest BCUT2D eigenvalue weighted by atomic mass is 35.5. The molecule has 1 N–H and O–H groups in total. The van der Waals surface area contributed by atoms with Crippen LogP contribution in [0.15, 0.2) is 77.8 Å². The molecular weight excluding hydrogens is 432 g/mol. The second kappa shape index (κ2) is 8.21. The Hall–Kier alpha value is -3.09. The standard InChI is InChI=1S/C24H21ClN2O3S/c1-16-11-17(2)13-20(12-16)26-14-23-24(28)21-5-3-4-6-22(21)27(31(23,29)30)15-18-7-9-19(25)10-8-18/h3-14,26H,15H2,1-2H3/b23-14+. The number of rotatable bonds is 4. The van der Waals surface area contributed by atoms with Crippen LogP contribution in [-0.2, 0) is 16.6 Å². The summed E-state index contributed by atoms with van der Waals surface area (Å²) in [4.78, 5) is 12.8. The maximum atomic E-state index is 13.5. The monoisotopic (exact) mass is 452 g/mol. The number of para-hydroxylation sites is 1. The number of ketones is 1. The van der Waals surface area contributed by atoms with E-state index in [0.29, 0.717) is 16.3 Å². The number of benzene rings is 3. The molecule has 3 aromatic carbocycles. The molecule has 0 atom stereocenters. The highest BCUT2D eigenvalue weighted by Gasteiger charge is 2.40. The van der Waals surface area contributed by atoms with Crippen LogP contribution in [0.3, 0.4) is 0 Å². The number of hydrogen-bond donors (Lipinski definition) is 1. The van der Waals surface area contributed by atoms with Crippen LogP contribution in [0.5, 0.6) is 0 Å². The van der Waals surface area contributed by atoms with Crippen molar-refractivity contribution in [1.82, 2.24) is 0 Å². The molecule has 0 fully saturated rings. The molecule has 0 amide bonds. The van der Waals surface area contributed by atoms with E-state index in [4.69, 9.17) is 11.6 Å². The SMILES string of the molecule is Cc1cc(C)cc(N/C=C2\C(=O)c3ccccc3N(Cc3ccc(Cl)cc3)S2(=O)=O)c1. The predicted octanol–water partition coefficient (Wildman–Crippen LogP) is 5.44. The molecule has 0 unspecified atom stereocenters. The number of fused-ring (bicyclic) bond motifs is 1. The fraction of sp³-hybridized carbons (Fsp3) is 0.125. The van der Waals surface area contributed by atoms with Gasteiger partial charge in [0.15, 0.2) is 4.91 Å². The number of nitrogens with zero attached hydrogens (tertiary/aromatic N) is 1. The number of sulfonamides is 1. The first kappa shape index (κ1) is 21.2. The summed E-state index contributed by atoms with van der Waals surface area (Å²) in [7, 11) is -4.08. The van der Waals surface area contributed by atoms with Crippen LogP contribution >= 0.6 is 11.6 Å². The lowest BCUT2D eigenvalue weighted by Gasteiger charge is -2.31. The van der Waals surface area contributed by atoms with Gasteiger partial charge in [0.1, 0.15) is 0 Å². The van der Waals surface area contributed by atoms with E-state index in [0.717, 1.165) is 22.4 Å². The molecule has 0 radical (unpaired) electrons. The van der Waals surface area contributed by atoms with Crippen molar-refractivity contribution in [2.45, 2.75) is 20.4 Å². The molecule has 31 heavy (non-hydrogen) atoms. The number of carbonyl (C=O) groups is 1. The molecule has 0 saturated heterocycles. The minimum absolute atomic E-state index is 0.0880. The average Bonchev–Trinajstić information content (AvgIpc) is 2.71. The number of Topliss-reactive ketones (excluding diaryl/α,β-unsaturated/α-hetero) is 1. The second-order valence-corrected chi connectivity index (χ2v) is 9.78. The van der Waals surface area contributed by atoms with E-state index in [2.05, 4.69) is 5.32 Å². The average molecular weight is 453 g/mol. The molecule has 1 aliphatic heterocycles. The van der Waals surface area contributed by atoms with Gasteiger partial charge in [-0.2, -0.15) is 0 Å². The van der Waals surface area contributed by atoms with Gasteiger partial charge in [-0.25, -0.2) is 8.42 Å². The summed E-state index contributed by atoms with van der Waals surface area (Å²) in [6.07, 6.45) is 1.29. The number of nitrogens with one attached hydrogen (secondary N) is 1. The fourth-order valence-corrected chi connectivity index (χ4v) is 5.31. The van der Waals surface area contributed by atoms with Gasteiger partial charge in [-0.1, -0.05) is 41.9 Å². The van der Waals surface area contributed by atoms with Crippen LogP contribution < -0.4 is 9.62 Å². The number of anilines is 2. The Kier molecular flexibility index (Phi) is 5.60. The van der Waals surface area contributed by atoms with E-state index >= 15 is 0 Å². The molecule has 5 nitrogen and oxygen atoms in total. The fourth-order valence-electron chi connectivity index (χ4n) is 3.65. The Bertz CT molecular complexity index is 1280. The van der Waals surface area contributed by atoms with Crippen molar-refractivity contribution in [3.63, 3.8) is 0 Å². The lowest BCUT2D eigenvalue weighted by atomic mass is 10.1. The number of carbonyl (C=O) groups excluding carboxylic acids is 1. The van der Waals surface area contributed by atoms with Gasteiger partial charge < -0.3 is 5.32 Å². The molecule has 0 spiro atoms.